The van der Waals surface area contributed by atoms with Crippen LogP contribution in [0.4, 0.5) is 0 Å². The molecule has 0 aliphatic carbocycles. The maximum absolute atomic E-state index is 12.1. The number of carbonyl (C=O) groups is 2. The van der Waals surface area contributed by atoms with Crippen LogP contribution in [0.25, 0.3) is 0 Å². The Bertz CT molecular complexity index is 355. The Morgan fingerprint density at radius 3 is 2.65 bits per heavy atom. The van der Waals surface area contributed by atoms with E-state index in [2.05, 4.69) is 5.32 Å². The lowest BCUT2D eigenvalue weighted by Gasteiger charge is -2.33. The number of aliphatic hydroxyl groups is 2. The molecule has 2 atom stereocenters. The monoisotopic (exact) mass is 286 g/mol. The summed E-state index contributed by atoms with van der Waals surface area (Å²) in [6, 6.07) is 0. The van der Waals surface area contributed by atoms with Crippen LogP contribution in [-0.2, 0) is 9.59 Å². The maximum Gasteiger partial charge on any atom is 0.225 e. The number of rotatable bonds is 5. The molecule has 0 aromatic carbocycles. The predicted molar refractivity (Wildman–Crippen MR) is 74.9 cm³/mol. The fourth-order valence-electron chi connectivity index (χ4n) is 2.23. The normalized spacial score (nSPS) is 22.5. The first-order valence-electron chi connectivity index (χ1n) is 7.16. The van der Waals surface area contributed by atoms with Gasteiger partial charge in [0, 0.05) is 25.6 Å². The van der Waals surface area contributed by atoms with E-state index in [0.29, 0.717) is 13.1 Å². The molecule has 1 aliphatic rings. The molecule has 1 heterocycles. The minimum absolute atomic E-state index is 0.0109. The zero-order valence-corrected chi connectivity index (χ0v) is 12.6. The van der Waals surface area contributed by atoms with Gasteiger partial charge in [0.1, 0.15) is 5.60 Å². The standard InChI is InChI=1S/C14H26N2O4/c1-10(2)13(19)16-6-4-5-11(7-16)12(18)15-8-14(3,20)9-17/h10-11,17,20H,4-9H2,1-3H3,(H,15,18). The fraction of sp³-hybridized carbons (Fsp3) is 0.857. The number of nitrogens with one attached hydrogen (secondary N) is 1. The second-order valence-electron chi connectivity index (χ2n) is 6.15. The molecule has 3 N–H and O–H groups in total. The summed E-state index contributed by atoms with van der Waals surface area (Å²) in [5.41, 5.74) is -1.31. The summed E-state index contributed by atoms with van der Waals surface area (Å²) < 4.78 is 0. The van der Waals surface area contributed by atoms with Crippen molar-refractivity contribution in [1.82, 2.24) is 10.2 Å². The quantitative estimate of drug-likeness (QED) is 0.649. The van der Waals surface area contributed by atoms with Crippen LogP contribution in [-0.4, -0.2) is 58.8 Å². The molecule has 1 aliphatic heterocycles. The summed E-state index contributed by atoms with van der Waals surface area (Å²) in [5, 5.41) is 21.2. The van der Waals surface area contributed by atoms with Crippen molar-refractivity contribution >= 4 is 11.8 Å². The molecule has 0 aromatic rings. The van der Waals surface area contributed by atoms with E-state index in [4.69, 9.17) is 5.11 Å². The third kappa shape index (κ3) is 4.76. The number of aliphatic hydroxyl groups excluding tert-OH is 1. The van der Waals surface area contributed by atoms with Crippen molar-refractivity contribution in [2.75, 3.05) is 26.2 Å². The Morgan fingerprint density at radius 1 is 1.45 bits per heavy atom. The van der Waals surface area contributed by atoms with Crippen molar-refractivity contribution in [2.24, 2.45) is 11.8 Å². The third-order valence-corrected chi connectivity index (χ3v) is 3.58. The van der Waals surface area contributed by atoms with Gasteiger partial charge in [0.25, 0.3) is 0 Å². The summed E-state index contributed by atoms with van der Waals surface area (Å²) in [6.45, 7) is 5.91. The first kappa shape index (κ1) is 16.9. The van der Waals surface area contributed by atoms with Gasteiger partial charge in [0.2, 0.25) is 11.8 Å². The van der Waals surface area contributed by atoms with E-state index in [0.717, 1.165) is 12.8 Å². The molecule has 0 bridgehead atoms. The summed E-state index contributed by atoms with van der Waals surface area (Å²) in [6.07, 6.45) is 1.56. The van der Waals surface area contributed by atoms with Gasteiger partial charge in [-0.15, -0.1) is 0 Å². The molecule has 0 saturated carbocycles. The molecule has 116 valence electrons. The van der Waals surface area contributed by atoms with Crippen LogP contribution < -0.4 is 5.32 Å². The Morgan fingerprint density at radius 2 is 2.10 bits per heavy atom. The van der Waals surface area contributed by atoms with Gasteiger partial charge >= 0.3 is 0 Å². The molecule has 1 fully saturated rings. The topological polar surface area (TPSA) is 89.9 Å². The number of hydrogen-bond acceptors (Lipinski definition) is 4. The maximum atomic E-state index is 12.1. The SMILES string of the molecule is CC(C)C(=O)N1CCCC(C(=O)NCC(C)(O)CO)C1. The Hall–Kier alpha value is -1.14. The van der Waals surface area contributed by atoms with Crippen LogP contribution in [0.3, 0.4) is 0 Å². The van der Waals surface area contributed by atoms with Crippen LogP contribution in [0.15, 0.2) is 0 Å². The Labute approximate surface area is 120 Å². The lowest BCUT2D eigenvalue weighted by Crippen LogP contribution is -2.49. The zero-order chi connectivity index (χ0) is 15.3. The summed E-state index contributed by atoms with van der Waals surface area (Å²) >= 11 is 0. The highest BCUT2D eigenvalue weighted by atomic mass is 16.3. The summed E-state index contributed by atoms with van der Waals surface area (Å²) in [4.78, 5) is 25.7. The van der Waals surface area contributed by atoms with E-state index in [1.54, 1.807) is 4.90 Å². The van der Waals surface area contributed by atoms with Crippen LogP contribution in [0.1, 0.15) is 33.6 Å². The fourth-order valence-corrected chi connectivity index (χ4v) is 2.23. The largest absolute Gasteiger partial charge is 0.393 e. The molecule has 6 nitrogen and oxygen atoms in total. The zero-order valence-electron chi connectivity index (χ0n) is 12.6. The van der Waals surface area contributed by atoms with Gasteiger partial charge < -0.3 is 20.4 Å². The van der Waals surface area contributed by atoms with Crippen molar-refractivity contribution in [3.63, 3.8) is 0 Å². The summed E-state index contributed by atoms with van der Waals surface area (Å²) in [5.74, 6) is -0.391. The number of nitrogens with zero attached hydrogens (tertiary/aromatic N) is 1. The van der Waals surface area contributed by atoms with Crippen molar-refractivity contribution in [1.29, 1.82) is 0 Å². The Kier molecular flexibility index (Phi) is 5.95. The first-order valence-corrected chi connectivity index (χ1v) is 7.16. The van der Waals surface area contributed by atoms with Crippen LogP contribution in [0.5, 0.6) is 0 Å². The van der Waals surface area contributed by atoms with E-state index < -0.39 is 12.2 Å². The Balaban J connectivity index is 2.50. The number of likely N-dealkylation sites (tertiary alicyclic amines) is 1. The molecule has 6 heteroatoms. The molecule has 20 heavy (non-hydrogen) atoms. The van der Waals surface area contributed by atoms with E-state index in [9.17, 15) is 14.7 Å². The number of hydrogen-bond donors (Lipinski definition) is 3. The van der Waals surface area contributed by atoms with Gasteiger partial charge in [-0.2, -0.15) is 0 Å². The number of carbonyl (C=O) groups excluding carboxylic acids is 2. The molecule has 0 spiro atoms. The number of piperidine rings is 1. The first-order chi connectivity index (χ1) is 9.26. The number of amides is 2. The molecule has 2 unspecified atom stereocenters. The third-order valence-electron chi connectivity index (χ3n) is 3.58. The van der Waals surface area contributed by atoms with Crippen molar-refractivity contribution in [3.8, 4) is 0 Å². The molecule has 2 amide bonds. The highest BCUT2D eigenvalue weighted by Crippen LogP contribution is 2.18. The van der Waals surface area contributed by atoms with Crippen molar-refractivity contribution < 1.29 is 19.8 Å². The van der Waals surface area contributed by atoms with Gasteiger partial charge in [0.15, 0.2) is 0 Å². The van der Waals surface area contributed by atoms with Crippen molar-refractivity contribution in [2.45, 2.75) is 39.2 Å². The summed E-state index contributed by atoms with van der Waals surface area (Å²) in [7, 11) is 0. The minimum atomic E-state index is -1.31. The molecule has 0 aromatic heterocycles. The molecule has 1 saturated heterocycles. The van der Waals surface area contributed by atoms with E-state index in [1.807, 2.05) is 13.8 Å². The van der Waals surface area contributed by atoms with Gasteiger partial charge in [-0.05, 0) is 19.8 Å². The van der Waals surface area contributed by atoms with Crippen LogP contribution in [0, 0.1) is 11.8 Å². The van der Waals surface area contributed by atoms with Gasteiger partial charge in [-0.25, -0.2) is 0 Å². The van der Waals surface area contributed by atoms with E-state index in [-0.39, 0.29) is 30.2 Å². The molecule has 0 radical (unpaired) electrons. The van der Waals surface area contributed by atoms with E-state index in [1.165, 1.54) is 6.92 Å². The second-order valence-corrected chi connectivity index (χ2v) is 6.15. The van der Waals surface area contributed by atoms with Crippen molar-refractivity contribution in [3.05, 3.63) is 0 Å². The lowest BCUT2D eigenvalue weighted by molar-refractivity contribution is -0.138. The minimum Gasteiger partial charge on any atom is -0.393 e. The highest BCUT2D eigenvalue weighted by Gasteiger charge is 2.30. The smallest absolute Gasteiger partial charge is 0.225 e. The van der Waals surface area contributed by atoms with Gasteiger partial charge in [-0.3, -0.25) is 9.59 Å². The molecular formula is C14H26N2O4. The average Bonchev–Trinajstić information content (AvgIpc) is 2.44. The lowest BCUT2D eigenvalue weighted by atomic mass is 9.95. The average molecular weight is 286 g/mol. The highest BCUT2D eigenvalue weighted by molar-refractivity contribution is 5.82. The van der Waals surface area contributed by atoms with Gasteiger partial charge in [0.05, 0.1) is 12.5 Å². The molecule has 1 rings (SSSR count). The van der Waals surface area contributed by atoms with Gasteiger partial charge in [-0.1, -0.05) is 13.8 Å². The molecular weight excluding hydrogens is 260 g/mol. The predicted octanol–water partition coefficient (Wildman–Crippen LogP) is -0.259. The van der Waals surface area contributed by atoms with Crippen LogP contribution >= 0.6 is 0 Å². The van der Waals surface area contributed by atoms with E-state index >= 15 is 0 Å². The second kappa shape index (κ2) is 7.04. The van der Waals surface area contributed by atoms with Crippen LogP contribution in [0.2, 0.25) is 0 Å².